The minimum Gasteiger partial charge on any atom is -0.504 e. The standard InChI is InChI=1S/C21H21FN2O3/c22-18-10-14(8-15(12-25)20(18)26)21(27)23-19-11-17(19)13-4-3-5-16(9-13)24-6-1-2-7-24/h3-5,8-10,12,17,19,26H,1-2,6-7,11H2,(H,23,27). The van der Waals surface area contributed by atoms with Gasteiger partial charge < -0.3 is 15.3 Å². The van der Waals surface area contributed by atoms with Crippen molar-refractivity contribution in [2.24, 2.45) is 0 Å². The van der Waals surface area contributed by atoms with Crippen LogP contribution in [0.15, 0.2) is 36.4 Å². The van der Waals surface area contributed by atoms with Gasteiger partial charge in [-0.3, -0.25) is 9.59 Å². The Morgan fingerprint density at radius 3 is 2.74 bits per heavy atom. The summed E-state index contributed by atoms with van der Waals surface area (Å²) in [5.41, 5.74) is 2.21. The zero-order valence-electron chi connectivity index (χ0n) is 14.8. The number of aldehydes is 1. The van der Waals surface area contributed by atoms with Crippen LogP contribution >= 0.6 is 0 Å². The number of nitrogens with one attached hydrogen (secondary N) is 1. The van der Waals surface area contributed by atoms with E-state index < -0.39 is 17.5 Å². The summed E-state index contributed by atoms with van der Waals surface area (Å²) in [5, 5.41) is 12.4. The first-order chi connectivity index (χ1) is 13.1. The molecule has 2 atom stereocenters. The molecule has 1 aliphatic heterocycles. The van der Waals surface area contributed by atoms with Gasteiger partial charge in [0, 0.05) is 36.3 Å². The maximum Gasteiger partial charge on any atom is 0.251 e. The quantitative estimate of drug-likeness (QED) is 0.795. The minimum absolute atomic E-state index is 0.0112. The van der Waals surface area contributed by atoms with Crippen LogP contribution in [0.3, 0.4) is 0 Å². The Morgan fingerprint density at radius 1 is 1.22 bits per heavy atom. The molecule has 2 N–H and O–H groups in total. The molecule has 1 amide bonds. The first kappa shape index (κ1) is 17.5. The Labute approximate surface area is 156 Å². The van der Waals surface area contributed by atoms with Gasteiger partial charge in [0.1, 0.15) is 0 Å². The highest BCUT2D eigenvalue weighted by molar-refractivity contribution is 5.97. The van der Waals surface area contributed by atoms with Crippen LogP contribution in [-0.2, 0) is 0 Å². The lowest BCUT2D eigenvalue weighted by atomic mass is 10.1. The smallest absolute Gasteiger partial charge is 0.251 e. The highest BCUT2D eigenvalue weighted by Crippen LogP contribution is 2.42. The molecule has 1 saturated carbocycles. The number of carbonyl (C=O) groups excluding carboxylic acids is 2. The van der Waals surface area contributed by atoms with Crippen LogP contribution in [0.2, 0.25) is 0 Å². The second-order valence-corrected chi connectivity index (χ2v) is 7.23. The number of halogens is 1. The van der Waals surface area contributed by atoms with Gasteiger partial charge in [0.15, 0.2) is 17.9 Å². The first-order valence-corrected chi connectivity index (χ1v) is 9.20. The van der Waals surface area contributed by atoms with Gasteiger partial charge in [-0.1, -0.05) is 12.1 Å². The molecule has 1 aliphatic carbocycles. The van der Waals surface area contributed by atoms with Crippen LogP contribution in [0.1, 0.15) is 51.5 Å². The lowest BCUT2D eigenvalue weighted by Gasteiger charge is -2.18. The molecular formula is C21H21FN2O3. The van der Waals surface area contributed by atoms with Gasteiger partial charge in [-0.25, -0.2) is 4.39 Å². The average Bonchev–Trinajstić information content (AvgIpc) is 3.22. The molecule has 140 valence electrons. The third-order valence-corrected chi connectivity index (χ3v) is 5.36. The summed E-state index contributed by atoms with van der Waals surface area (Å²) < 4.78 is 13.7. The van der Waals surface area contributed by atoms with Crippen molar-refractivity contribution < 1.29 is 19.1 Å². The molecular weight excluding hydrogens is 347 g/mol. The highest BCUT2D eigenvalue weighted by Gasteiger charge is 2.40. The predicted molar refractivity (Wildman–Crippen MR) is 100.0 cm³/mol. The summed E-state index contributed by atoms with van der Waals surface area (Å²) in [6.45, 7) is 2.17. The molecule has 2 aromatic rings. The van der Waals surface area contributed by atoms with E-state index in [4.69, 9.17) is 0 Å². The fourth-order valence-electron chi connectivity index (χ4n) is 3.74. The average molecular weight is 368 g/mol. The Kier molecular flexibility index (Phi) is 4.56. The van der Waals surface area contributed by atoms with Gasteiger partial charge >= 0.3 is 0 Å². The third kappa shape index (κ3) is 3.52. The van der Waals surface area contributed by atoms with Crippen molar-refractivity contribution in [3.63, 3.8) is 0 Å². The van der Waals surface area contributed by atoms with E-state index in [0.29, 0.717) is 6.29 Å². The first-order valence-electron chi connectivity index (χ1n) is 9.20. The largest absolute Gasteiger partial charge is 0.504 e. The Hall–Kier alpha value is -2.89. The SMILES string of the molecule is O=Cc1cc(C(=O)NC2CC2c2cccc(N3CCCC3)c2)cc(F)c1O. The van der Waals surface area contributed by atoms with Gasteiger partial charge in [0.05, 0.1) is 5.56 Å². The summed E-state index contributed by atoms with van der Waals surface area (Å²) in [6, 6.07) is 10.6. The molecule has 2 aromatic carbocycles. The van der Waals surface area contributed by atoms with Crippen LogP contribution in [-0.4, -0.2) is 36.4 Å². The van der Waals surface area contributed by atoms with E-state index in [9.17, 15) is 19.1 Å². The van der Waals surface area contributed by atoms with Gasteiger partial charge in [-0.05, 0) is 49.1 Å². The van der Waals surface area contributed by atoms with Crippen molar-refractivity contribution in [2.75, 3.05) is 18.0 Å². The topological polar surface area (TPSA) is 69.6 Å². The van der Waals surface area contributed by atoms with Crippen LogP contribution < -0.4 is 10.2 Å². The van der Waals surface area contributed by atoms with Crippen molar-refractivity contribution in [2.45, 2.75) is 31.2 Å². The monoisotopic (exact) mass is 368 g/mol. The Morgan fingerprint density at radius 2 is 2.00 bits per heavy atom. The molecule has 1 saturated heterocycles. The van der Waals surface area contributed by atoms with Gasteiger partial charge in [0.25, 0.3) is 5.91 Å². The summed E-state index contributed by atoms with van der Waals surface area (Å²) in [5.74, 6) is -1.91. The number of nitrogens with zero attached hydrogens (tertiary/aromatic N) is 1. The normalized spacial score (nSPS) is 21.1. The fourth-order valence-corrected chi connectivity index (χ4v) is 3.74. The van der Waals surface area contributed by atoms with E-state index in [1.54, 1.807) is 0 Å². The molecule has 6 heteroatoms. The van der Waals surface area contributed by atoms with Gasteiger partial charge in [0.2, 0.25) is 0 Å². The molecule has 27 heavy (non-hydrogen) atoms. The van der Waals surface area contributed by atoms with E-state index in [2.05, 4.69) is 28.4 Å². The van der Waals surface area contributed by atoms with Gasteiger partial charge in [-0.15, -0.1) is 0 Å². The van der Waals surface area contributed by atoms with E-state index in [1.165, 1.54) is 30.2 Å². The minimum atomic E-state index is -0.976. The van der Waals surface area contributed by atoms with E-state index >= 15 is 0 Å². The Balaban J connectivity index is 1.44. The van der Waals surface area contributed by atoms with Crippen LogP contribution in [0.25, 0.3) is 0 Å². The second kappa shape index (κ2) is 7.02. The molecule has 4 rings (SSSR count). The summed E-state index contributed by atoms with van der Waals surface area (Å²) in [7, 11) is 0. The lowest BCUT2D eigenvalue weighted by molar-refractivity contribution is 0.0950. The summed E-state index contributed by atoms with van der Waals surface area (Å²) in [4.78, 5) is 25.7. The number of amides is 1. The molecule has 2 aliphatic rings. The van der Waals surface area contributed by atoms with E-state index in [0.717, 1.165) is 25.6 Å². The molecule has 0 bridgehead atoms. The van der Waals surface area contributed by atoms with Gasteiger partial charge in [-0.2, -0.15) is 0 Å². The molecule has 1 heterocycles. The van der Waals surface area contributed by atoms with Crippen molar-refractivity contribution in [3.8, 4) is 5.75 Å². The molecule has 0 radical (unpaired) electrons. The number of carbonyl (C=O) groups is 2. The molecule has 0 aromatic heterocycles. The summed E-state index contributed by atoms with van der Waals surface area (Å²) >= 11 is 0. The fraction of sp³-hybridized carbons (Fsp3) is 0.333. The number of anilines is 1. The maximum atomic E-state index is 13.7. The highest BCUT2D eigenvalue weighted by atomic mass is 19.1. The third-order valence-electron chi connectivity index (χ3n) is 5.36. The molecule has 5 nitrogen and oxygen atoms in total. The zero-order chi connectivity index (χ0) is 19.0. The number of phenolic OH excluding ortho intramolecular Hbond substituents is 1. The number of phenols is 1. The number of hydrogen-bond acceptors (Lipinski definition) is 4. The molecule has 0 spiro atoms. The zero-order valence-corrected chi connectivity index (χ0v) is 14.8. The Bertz CT molecular complexity index is 893. The van der Waals surface area contributed by atoms with Crippen LogP contribution in [0.5, 0.6) is 5.75 Å². The lowest BCUT2D eigenvalue weighted by Crippen LogP contribution is -2.26. The second-order valence-electron chi connectivity index (χ2n) is 7.23. The van der Waals surface area contributed by atoms with Crippen LogP contribution in [0.4, 0.5) is 10.1 Å². The van der Waals surface area contributed by atoms with Crippen molar-refractivity contribution in [1.82, 2.24) is 5.32 Å². The maximum absolute atomic E-state index is 13.7. The van der Waals surface area contributed by atoms with Crippen molar-refractivity contribution in [1.29, 1.82) is 0 Å². The molecule has 2 unspecified atom stereocenters. The molecule has 2 fully saturated rings. The van der Waals surface area contributed by atoms with E-state index in [-0.39, 0.29) is 23.1 Å². The number of aromatic hydroxyl groups is 1. The number of hydrogen-bond donors (Lipinski definition) is 2. The number of benzene rings is 2. The summed E-state index contributed by atoms with van der Waals surface area (Å²) in [6.07, 6.45) is 3.60. The van der Waals surface area contributed by atoms with Crippen molar-refractivity contribution in [3.05, 3.63) is 58.9 Å². The van der Waals surface area contributed by atoms with Crippen molar-refractivity contribution >= 4 is 17.9 Å². The predicted octanol–water partition coefficient (Wildman–Crippen LogP) is 3.23. The number of rotatable bonds is 5. The van der Waals surface area contributed by atoms with Crippen LogP contribution in [0, 0.1) is 5.82 Å². The van der Waals surface area contributed by atoms with E-state index in [1.807, 2.05) is 6.07 Å².